The van der Waals surface area contributed by atoms with E-state index in [9.17, 15) is 14.4 Å². The van der Waals surface area contributed by atoms with Gasteiger partial charge in [-0.1, -0.05) is 216 Å². The fraction of sp³-hybridized carbons (Fsp3) is 0.737. The number of esters is 3. The summed E-state index contributed by atoms with van der Waals surface area (Å²) in [5.74, 6) is -0.932. The topological polar surface area (TPSA) is 78.9 Å². The predicted molar refractivity (Wildman–Crippen MR) is 270 cm³/mol. The molecule has 0 spiro atoms. The summed E-state index contributed by atoms with van der Waals surface area (Å²) in [5, 5.41) is 0. The first-order valence-corrected chi connectivity index (χ1v) is 26.4. The van der Waals surface area contributed by atoms with Gasteiger partial charge in [0.2, 0.25) is 0 Å². The Hall–Kier alpha value is -3.15. The molecule has 6 heteroatoms. The van der Waals surface area contributed by atoms with E-state index in [0.29, 0.717) is 19.3 Å². The Morgan fingerprint density at radius 1 is 0.333 bits per heavy atom. The number of carbonyl (C=O) groups excluding carboxylic acids is 3. The number of allylic oxidation sites excluding steroid dienone is 12. The highest BCUT2D eigenvalue weighted by atomic mass is 16.6. The molecule has 0 saturated carbocycles. The van der Waals surface area contributed by atoms with Crippen molar-refractivity contribution < 1.29 is 28.6 Å². The monoisotopic (exact) mass is 879 g/mol. The number of carbonyl (C=O) groups is 3. The highest BCUT2D eigenvalue weighted by molar-refractivity contribution is 5.71. The maximum Gasteiger partial charge on any atom is 0.306 e. The van der Waals surface area contributed by atoms with Crippen molar-refractivity contribution in [2.75, 3.05) is 13.2 Å². The van der Waals surface area contributed by atoms with Gasteiger partial charge in [-0.15, -0.1) is 0 Å². The Morgan fingerprint density at radius 2 is 0.619 bits per heavy atom. The van der Waals surface area contributed by atoms with Gasteiger partial charge in [0.1, 0.15) is 13.2 Å². The van der Waals surface area contributed by atoms with E-state index in [-0.39, 0.29) is 31.1 Å². The van der Waals surface area contributed by atoms with Crippen LogP contribution in [0, 0.1) is 0 Å². The van der Waals surface area contributed by atoms with Crippen molar-refractivity contribution in [3.8, 4) is 0 Å². The van der Waals surface area contributed by atoms with Gasteiger partial charge in [-0.2, -0.15) is 0 Å². The quantitative estimate of drug-likeness (QED) is 0.0262. The van der Waals surface area contributed by atoms with Crippen LogP contribution in [0.4, 0.5) is 0 Å². The van der Waals surface area contributed by atoms with Crippen LogP contribution in [-0.2, 0) is 28.6 Å². The molecule has 0 saturated heterocycles. The minimum absolute atomic E-state index is 0.0904. The van der Waals surface area contributed by atoms with Gasteiger partial charge >= 0.3 is 17.9 Å². The Balaban J connectivity index is 4.37. The molecule has 0 radical (unpaired) electrons. The SMILES string of the molecule is CC/C=C\C/C=C\C/C=C\CCCCCC(=O)OC(COC(=O)CCCCCCCC/C=C\C/C=C\C/C=C\CCCCCCC)COC(=O)CCCCCCCCCCCCC. The lowest BCUT2D eigenvalue weighted by atomic mass is 10.1. The van der Waals surface area contributed by atoms with Crippen molar-refractivity contribution in [1.82, 2.24) is 0 Å². The second-order valence-electron chi connectivity index (χ2n) is 17.4. The zero-order chi connectivity index (χ0) is 45.8. The predicted octanol–water partition coefficient (Wildman–Crippen LogP) is 17.4. The lowest BCUT2D eigenvalue weighted by Gasteiger charge is -2.18. The van der Waals surface area contributed by atoms with E-state index in [4.69, 9.17) is 14.2 Å². The number of rotatable bonds is 47. The van der Waals surface area contributed by atoms with E-state index >= 15 is 0 Å². The van der Waals surface area contributed by atoms with Crippen molar-refractivity contribution in [3.05, 3.63) is 72.9 Å². The van der Waals surface area contributed by atoms with Crippen LogP contribution in [0.5, 0.6) is 0 Å². The fourth-order valence-corrected chi connectivity index (χ4v) is 7.23. The zero-order valence-corrected chi connectivity index (χ0v) is 41.3. The maximum absolute atomic E-state index is 12.8. The van der Waals surface area contributed by atoms with Gasteiger partial charge in [-0.25, -0.2) is 0 Å². The third kappa shape index (κ3) is 49.7. The molecule has 63 heavy (non-hydrogen) atoms. The smallest absolute Gasteiger partial charge is 0.306 e. The maximum atomic E-state index is 12.8. The number of hydrogen-bond acceptors (Lipinski definition) is 6. The van der Waals surface area contributed by atoms with E-state index in [1.165, 1.54) is 109 Å². The molecule has 0 aromatic heterocycles. The van der Waals surface area contributed by atoms with E-state index in [2.05, 4.69) is 93.7 Å². The molecule has 0 aliphatic heterocycles. The summed E-state index contributed by atoms with van der Waals surface area (Å²) in [6, 6.07) is 0. The zero-order valence-electron chi connectivity index (χ0n) is 41.3. The van der Waals surface area contributed by atoms with Crippen LogP contribution in [0.25, 0.3) is 0 Å². The van der Waals surface area contributed by atoms with Crippen LogP contribution in [0.2, 0.25) is 0 Å². The Morgan fingerprint density at radius 3 is 0.984 bits per heavy atom. The number of unbranched alkanes of at least 4 members (excludes halogenated alkanes) is 24. The minimum atomic E-state index is -0.793. The second-order valence-corrected chi connectivity index (χ2v) is 17.4. The van der Waals surface area contributed by atoms with Crippen molar-refractivity contribution >= 4 is 17.9 Å². The molecule has 0 aromatic carbocycles. The first-order chi connectivity index (χ1) is 31.0. The molecule has 0 aliphatic carbocycles. The molecular formula is C57H98O6. The van der Waals surface area contributed by atoms with Crippen LogP contribution < -0.4 is 0 Å². The normalized spacial score (nSPS) is 12.6. The number of hydrogen-bond donors (Lipinski definition) is 0. The molecule has 0 N–H and O–H groups in total. The van der Waals surface area contributed by atoms with Gasteiger partial charge in [0, 0.05) is 19.3 Å². The highest BCUT2D eigenvalue weighted by Crippen LogP contribution is 2.14. The number of ether oxygens (including phenoxy) is 3. The van der Waals surface area contributed by atoms with Crippen LogP contribution in [0.15, 0.2) is 72.9 Å². The first-order valence-electron chi connectivity index (χ1n) is 26.4. The lowest BCUT2D eigenvalue weighted by Crippen LogP contribution is -2.30. The molecule has 0 heterocycles. The van der Waals surface area contributed by atoms with Gasteiger partial charge in [0.25, 0.3) is 0 Å². The molecule has 0 amide bonds. The third-order valence-corrected chi connectivity index (χ3v) is 11.2. The standard InChI is InChI=1S/C57H98O6/c1-4-7-10-13-16-19-22-24-25-26-27-28-29-30-31-33-35-38-41-44-47-50-56(59)62-53-54(52-61-55(58)49-46-43-40-37-34-21-18-15-12-9-6-3)63-57(60)51-48-45-42-39-36-32-23-20-17-14-11-8-5-2/h8,11,17,20,22,24,26-27,29-30,32,36,54H,4-7,9-10,12-16,18-19,21,23,25,28,31,33-35,37-53H2,1-3H3/b11-8-,20-17-,24-22-,27-26-,30-29-,36-32-. The average molecular weight is 879 g/mol. The summed E-state index contributed by atoms with van der Waals surface area (Å²) >= 11 is 0. The molecule has 0 rings (SSSR count). The van der Waals surface area contributed by atoms with E-state index in [0.717, 1.165) is 103 Å². The minimum Gasteiger partial charge on any atom is -0.462 e. The summed E-state index contributed by atoms with van der Waals surface area (Å²) in [7, 11) is 0. The van der Waals surface area contributed by atoms with E-state index in [1.807, 2.05) is 0 Å². The molecule has 1 atom stereocenters. The summed E-state index contributed by atoms with van der Waals surface area (Å²) in [6.07, 6.45) is 64.6. The van der Waals surface area contributed by atoms with E-state index < -0.39 is 6.10 Å². The van der Waals surface area contributed by atoms with Crippen LogP contribution in [0.1, 0.15) is 252 Å². The van der Waals surface area contributed by atoms with Crippen molar-refractivity contribution in [2.45, 2.75) is 258 Å². The largest absolute Gasteiger partial charge is 0.462 e. The van der Waals surface area contributed by atoms with Crippen LogP contribution >= 0.6 is 0 Å². The Kier molecular flexibility index (Phi) is 48.9. The van der Waals surface area contributed by atoms with Crippen molar-refractivity contribution in [3.63, 3.8) is 0 Å². The third-order valence-electron chi connectivity index (χ3n) is 11.2. The highest BCUT2D eigenvalue weighted by Gasteiger charge is 2.19. The van der Waals surface area contributed by atoms with E-state index in [1.54, 1.807) is 0 Å². The summed E-state index contributed by atoms with van der Waals surface area (Å²) in [5.41, 5.74) is 0. The lowest BCUT2D eigenvalue weighted by molar-refractivity contribution is -0.167. The molecular weight excluding hydrogens is 781 g/mol. The van der Waals surface area contributed by atoms with Crippen molar-refractivity contribution in [2.24, 2.45) is 0 Å². The Labute approximate surface area is 389 Å². The second kappa shape index (κ2) is 51.5. The summed E-state index contributed by atoms with van der Waals surface area (Å²) in [4.78, 5) is 37.9. The first kappa shape index (κ1) is 59.9. The molecule has 0 bridgehead atoms. The molecule has 1 unspecified atom stereocenters. The van der Waals surface area contributed by atoms with Gasteiger partial charge in [-0.05, 0) is 89.9 Å². The van der Waals surface area contributed by atoms with Crippen molar-refractivity contribution in [1.29, 1.82) is 0 Å². The average Bonchev–Trinajstić information content (AvgIpc) is 3.28. The van der Waals surface area contributed by atoms with Crippen LogP contribution in [0.3, 0.4) is 0 Å². The van der Waals surface area contributed by atoms with Crippen LogP contribution in [-0.4, -0.2) is 37.2 Å². The molecule has 6 nitrogen and oxygen atoms in total. The summed E-state index contributed by atoms with van der Waals surface area (Å²) in [6.45, 7) is 6.47. The van der Waals surface area contributed by atoms with Gasteiger partial charge < -0.3 is 14.2 Å². The summed E-state index contributed by atoms with van der Waals surface area (Å²) < 4.78 is 16.8. The Bertz CT molecular complexity index is 1190. The molecule has 0 aliphatic rings. The van der Waals surface area contributed by atoms with Gasteiger partial charge in [-0.3, -0.25) is 14.4 Å². The molecule has 0 fully saturated rings. The van der Waals surface area contributed by atoms with Gasteiger partial charge in [0.15, 0.2) is 6.10 Å². The molecule has 362 valence electrons. The fourth-order valence-electron chi connectivity index (χ4n) is 7.23. The molecule has 0 aromatic rings. The van der Waals surface area contributed by atoms with Gasteiger partial charge in [0.05, 0.1) is 0 Å².